The van der Waals surface area contributed by atoms with Gasteiger partial charge in [-0.3, -0.25) is 14.3 Å². The van der Waals surface area contributed by atoms with Crippen LogP contribution in [0, 0.1) is 11.3 Å². The van der Waals surface area contributed by atoms with Gasteiger partial charge in [-0.05, 0) is 11.8 Å². The van der Waals surface area contributed by atoms with Gasteiger partial charge < -0.3 is 0 Å². The summed E-state index contributed by atoms with van der Waals surface area (Å²) in [6.07, 6.45) is 4.68. The molecule has 1 rings (SSSR count). The van der Waals surface area contributed by atoms with Crippen LogP contribution in [0.1, 0.15) is 0 Å². The van der Waals surface area contributed by atoms with Gasteiger partial charge in [-0.2, -0.15) is 5.26 Å². The SMILES string of the molecule is C=C/C(C#N)=C(\C=C)Cn1c(SC)cc(=O)[nH]c1=O. The first-order chi connectivity index (χ1) is 9.07. The van der Waals surface area contributed by atoms with E-state index >= 15 is 0 Å². The van der Waals surface area contributed by atoms with E-state index in [2.05, 4.69) is 18.1 Å². The fourth-order valence-corrected chi connectivity index (χ4v) is 2.09. The molecular weight excluding hydrogens is 262 g/mol. The largest absolute Gasteiger partial charge is 0.329 e. The van der Waals surface area contributed by atoms with Crippen LogP contribution in [0.4, 0.5) is 0 Å². The topological polar surface area (TPSA) is 78.7 Å². The Hall–Kier alpha value is -2.26. The molecule has 0 atom stereocenters. The van der Waals surface area contributed by atoms with Crippen molar-refractivity contribution in [2.24, 2.45) is 0 Å². The molecule has 1 aromatic heterocycles. The minimum absolute atomic E-state index is 0.157. The summed E-state index contributed by atoms with van der Waals surface area (Å²) in [5, 5.41) is 9.49. The van der Waals surface area contributed by atoms with Gasteiger partial charge in [-0.15, -0.1) is 11.8 Å². The average Bonchev–Trinajstić information content (AvgIpc) is 2.40. The predicted molar refractivity (Wildman–Crippen MR) is 76.1 cm³/mol. The Morgan fingerprint density at radius 2 is 2.21 bits per heavy atom. The molecule has 0 radical (unpaired) electrons. The Bertz CT molecular complexity index is 689. The number of aromatic nitrogens is 2. The lowest BCUT2D eigenvalue weighted by Crippen LogP contribution is -2.31. The predicted octanol–water partition coefficient (Wildman–Crippen LogP) is 1.45. The zero-order valence-corrected chi connectivity index (χ0v) is 11.3. The first-order valence-electron chi connectivity index (χ1n) is 5.33. The Morgan fingerprint density at radius 1 is 1.53 bits per heavy atom. The number of nitriles is 1. The first kappa shape index (κ1) is 14.8. The number of allylic oxidation sites excluding steroid dienone is 4. The van der Waals surface area contributed by atoms with Crippen LogP contribution >= 0.6 is 11.8 Å². The van der Waals surface area contributed by atoms with Crippen molar-refractivity contribution in [1.82, 2.24) is 9.55 Å². The molecule has 0 saturated heterocycles. The van der Waals surface area contributed by atoms with Crippen LogP contribution in [-0.2, 0) is 6.54 Å². The highest BCUT2D eigenvalue weighted by Crippen LogP contribution is 2.14. The normalized spacial score (nSPS) is 11.4. The highest BCUT2D eigenvalue weighted by molar-refractivity contribution is 7.98. The van der Waals surface area contributed by atoms with Gasteiger partial charge in [0.1, 0.15) is 0 Å². The number of hydrogen-bond donors (Lipinski definition) is 1. The van der Waals surface area contributed by atoms with Crippen LogP contribution in [0.2, 0.25) is 0 Å². The summed E-state index contributed by atoms with van der Waals surface area (Å²) in [5.41, 5.74) is -0.0429. The van der Waals surface area contributed by atoms with Gasteiger partial charge in [0.15, 0.2) is 0 Å². The number of rotatable bonds is 5. The molecule has 98 valence electrons. The molecule has 6 heteroatoms. The van der Waals surface area contributed by atoms with Crippen LogP contribution < -0.4 is 11.2 Å². The molecule has 0 bridgehead atoms. The van der Waals surface area contributed by atoms with Gasteiger partial charge in [-0.25, -0.2) is 4.79 Å². The average molecular weight is 275 g/mol. The van der Waals surface area contributed by atoms with Crippen molar-refractivity contribution in [2.75, 3.05) is 6.26 Å². The van der Waals surface area contributed by atoms with Crippen LogP contribution in [0.25, 0.3) is 0 Å². The summed E-state index contributed by atoms with van der Waals surface area (Å²) < 4.78 is 1.38. The highest BCUT2D eigenvalue weighted by Gasteiger charge is 2.08. The highest BCUT2D eigenvalue weighted by atomic mass is 32.2. The molecule has 0 amide bonds. The van der Waals surface area contributed by atoms with E-state index in [1.807, 2.05) is 6.07 Å². The van der Waals surface area contributed by atoms with Crippen LogP contribution in [0.5, 0.6) is 0 Å². The quantitative estimate of drug-likeness (QED) is 0.382. The second-order valence-corrected chi connectivity index (χ2v) is 4.35. The number of nitrogens with zero attached hydrogens (tertiary/aromatic N) is 2. The lowest BCUT2D eigenvalue weighted by molar-refractivity contribution is 0.650. The van der Waals surface area contributed by atoms with Crippen molar-refractivity contribution in [3.63, 3.8) is 0 Å². The van der Waals surface area contributed by atoms with E-state index in [-0.39, 0.29) is 6.54 Å². The van der Waals surface area contributed by atoms with E-state index in [9.17, 15) is 9.59 Å². The van der Waals surface area contributed by atoms with Crippen molar-refractivity contribution in [1.29, 1.82) is 5.26 Å². The van der Waals surface area contributed by atoms with Crippen LogP contribution in [0.15, 0.2) is 57.1 Å². The summed E-state index contributed by atoms with van der Waals surface area (Å²) in [6.45, 7) is 7.33. The monoisotopic (exact) mass is 275 g/mol. The minimum Gasteiger partial charge on any atom is -0.284 e. The Balaban J connectivity index is 3.42. The minimum atomic E-state index is -0.516. The third-order valence-corrected chi connectivity index (χ3v) is 3.21. The van der Waals surface area contributed by atoms with Crippen molar-refractivity contribution >= 4 is 11.8 Å². The maximum Gasteiger partial charge on any atom is 0.329 e. The molecule has 0 aliphatic heterocycles. The zero-order chi connectivity index (χ0) is 14.4. The number of nitrogens with one attached hydrogen (secondary N) is 1. The number of aromatic amines is 1. The molecule has 0 unspecified atom stereocenters. The fraction of sp³-hybridized carbons (Fsp3) is 0.154. The molecule has 0 aromatic carbocycles. The smallest absolute Gasteiger partial charge is 0.284 e. The summed E-state index contributed by atoms with van der Waals surface area (Å²) in [4.78, 5) is 25.2. The Labute approximate surface area is 114 Å². The molecule has 0 aliphatic rings. The van der Waals surface area contributed by atoms with Gasteiger partial charge >= 0.3 is 5.69 Å². The second-order valence-electron chi connectivity index (χ2n) is 3.53. The summed E-state index contributed by atoms with van der Waals surface area (Å²) in [7, 11) is 0. The number of hydrogen-bond acceptors (Lipinski definition) is 4. The lowest BCUT2D eigenvalue weighted by Gasteiger charge is -2.11. The number of thioether (sulfide) groups is 1. The van der Waals surface area contributed by atoms with Crippen LogP contribution in [-0.4, -0.2) is 15.8 Å². The third-order valence-electron chi connectivity index (χ3n) is 2.45. The third kappa shape index (κ3) is 3.36. The van der Waals surface area contributed by atoms with Gasteiger partial charge in [0.2, 0.25) is 0 Å². The molecular formula is C13H13N3O2S. The molecule has 0 saturated carbocycles. The zero-order valence-electron chi connectivity index (χ0n) is 10.5. The molecule has 5 nitrogen and oxygen atoms in total. The maximum absolute atomic E-state index is 11.8. The van der Waals surface area contributed by atoms with Gasteiger partial charge in [0, 0.05) is 6.07 Å². The van der Waals surface area contributed by atoms with Crippen molar-refractivity contribution in [3.05, 3.63) is 63.4 Å². The summed E-state index contributed by atoms with van der Waals surface area (Å²) in [6, 6.07) is 3.33. The van der Waals surface area contributed by atoms with Gasteiger partial charge in [0.25, 0.3) is 5.56 Å². The molecule has 19 heavy (non-hydrogen) atoms. The lowest BCUT2D eigenvalue weighted by atomic mass is 10.1. The van der Waals surface area contributed by atoms with Gasteiger partial charge in [0.05, 0.1) is 23.2 Å². The van der Waals surface area contributed by atoms with Crippen molar-refractivity contribution in [2.45, 2.75) is 11.6 Å². The summed E-state index contributed by atoms with van der Waals surface area (Å²) >= 11 is 1.28. The molecule has 1 N–H and O–H groups in total. The fourth-order valence-electron chi connectivity index (χ4n) is 1.50. The standard InChI is InChI=1S/C13H13N3O2S/c1-4-9(7-14)10(5-2)8-16-12(19-3)6-11(17)15-13(16)18/h4-6H,1-2,8H2,3H3,(H,15,17,18)/b10-9-. The molecule has 1 heterocycles. The maximum atomic E-state index is 11.8. The second kappa shape index (κ2) is 6.61. The molecule has 1 aromatic rings. The number of H-pyrrole nitrogens is 1. The van der Waals surface area contributed by atoms with Gasteiger partial charge in [-0.1, -0.05) is 25.3 Å². The Morgan fingerprint density at radius 3 is 2.68 bits per heavy atom. The van der Waals surface area contributed by atoms with E-state index in [0.29, 0.717) is 16.2 Å². The van der Waals surface area contributed by atoms with E-state index in [1.165, 1.54) is 34.5 Å². The first-order valence-corrected chi connectivity index (χ1v) is 6.56. The van der Waals surface area contributed by atoms with Crippen molar-refractivity contribution in [3.8, 4) is 6.07 Å². The van der Waals surface area contributed by atoms with Crippen LogP contribution in [0.3, 0.4) is 0 Å². The molecule has 0 spiro atoms. The molecule has 0 fully saturated rings. The van der Waals surface area contributed by atoms with Crippen molar-refractivity contribution < 1.29 is 0 Å². The van der Waals surface area contributed by atoms with E-state index in [1.54, 1.807) is 6.26 Å². The van der Waals surface area contributed by atoms with E-state index < -0.39 is 11.2 Å². The molecule has 0 aliphatic carbocycles. The Kier molecular flexibility index (Phi) is 5.15. The van der Waals surface area contributed by atoms with E-state index in [4.69, 9.17) is 5.26 Å². The summed E-state index contributed by atoms with van der Waals surface area (Å²) in [5.74, 6) is 0. The van der Waals surface area contributed by atoms with E-state index in [0.717, 1.165) is 0 Å².